The number of methoxy groups -OCH3 is 1. The molecule has 2 aromatic heterocycles. The molecule has 1 aliphatic heterocycles. The molecule has 0 spiro atoms. The van der Waals surface area contributed by atoms with Crippen molar-refractivity contribution in [2.75, 3.05) is 13.7 Å². The van der Waals surface area contributed by atoms with Crippen LogP contribution < -0.4 is 4.74 Å². The lowest BCUT2D eigenvalue weighted by Gasteiger charge is -2.34. The molecule has 0 bridgehead atoms. The molecule has 7 nitrogen and oxygen atoms in total. The second-order valence-corrected chi connectivity index (χ2v) is 7.28. The van der Waals surface area contributed by atoms with E-state index in [9.17, 15) is 9.18 Å². The molecule has 5 rings (SSSR count). The van der Waals surface area contributed by atoms with Gasteiger partial charge in [-0.15, -0.1) is 0 Å². The SMILES string of the molecule is COc1ccc([C@H]2c3nc[nH]c3CCN2C(=O)c2cc(-c3cccc(F)c3)no2)cc1. The summed E-state index contributed by atoms with van der Waals surface area (Å²) in [4.78, 5) is 22.8. The Morgan fingerprint density at radius 1 is 1.23 bits per heavy atom. The summed E-state index contributed by atoms with van der Waals surface area (Å²) in [5.41, 5.74) is 3.66. The number of hydrogen-bond acceptors (Lipinski definition) is 5. The topological polar surface area (TPSA) is 84.2 Å². The van der Waals surface area contributed by atoms with Crippen LogP contribution in [0.15, 0.2) is 65.4 Å². The zero-order valence-corrected chi connectivity index (χ0v) is 16.7. The van der Waals surface area contributed by atoms with Gasteiger partial charge in [0.1, 0.15) is 23.3 Å². The molecule has 1 aliphatic rings. The highest BCUT2D eigenvalue weighted by Crippen LogP contribution is 2.35. The first kappa shape index (κ1) is 19.0. The fraction of sp³-hybridized carbons (Fsp3) is 0.174. The molecule has 31 heavy (non-hydrogen) atoms. The molecule has 8 heteroatoms. The summed E-state index contributed by atoms with van der Waals surface area (Å²) in [6.07, 6.45) is 2.30. The van der Waals surface area contributed by atoms with Crippen LogP contribution >= 0.6 is 0 Å². The Kier molecular flexibility index (Phi) is 4.74. The Balaban J connectivity index is 1.50. The van der Waals surface area contributed by atoms with Crippen LogP contribution in [0.3, 0.4) is 0 Å². The number of aromatic amines is 1. The van der Waals surface area contributed by atoms with Gasteiger partial charge in [-0.25, -0.2) is 9.37 Å². The van der Waals surface area contributed by atoms with Gasteiger partial charge in [0.05, 0.1) is 19.1 Å². The number of halogens is 1. The van der Waals surface area contributed by atoms with Crippen molar-refractivity contribution in [2.45, 2.75) is 12.5 Å². The number of nitrogens with one attached hydrogen (secondary N) is 1. The van der Waals surface area contributed by atoms with Gasteiger partial charge in [0.25, 0.3) is 5.91 Å². The van der Waals surface area contributed by atoms with E-state index >= 15 is 0 Å². The van der Waals surface area contributed by atoms with E-state index in [-0.39, 0.29) is 23.5 Å². The quantitative estimate of drug-likeness (QED) is 0.542. The highest BCUT2D eigenvalue weighted by molar-refractivity contribution is 5.93. The number of amides is 1. The van der Waals surface area contributed by atoms with E-state index in [1.807, 2.05) is 24.3 Å². The van der Waals surface area contributed by atoms with Gasteiger partial charge < -0.3 is 19.1 Å². The average molecular weight is 418 g/mol. The maximum Gasteiger partial charge on any atom is 0.293 e. The van der Waals surface area contributed by atoms with E-state index in [1.54, 1.807) is 36.5 Å². The normalized spacial score (nSPS) is 15.5. The van der Waals surface area contributed by atoms with Gasteiger partial charge in [0, 0.05) is 30.3 Å². The van der Waals surface area contributed by atoms with Crippen molar-refractivity contribution in [3.63, 3.8) is 0 Å². The molecule has 1 amide bonds. The Hall–Kier alpha value is -3.94. The minimum atomic E-state index is -0.380. The number of imidazole rings is 1. The average Bonchev–Trinajstić information content (AvgIpc) is 3.48. The molecule has 1 N–H and O–H groups in total. The lowest BCUT2D eigenvalue weighted by Crippen LogP contribution is -2.40. The van der Waals surface area contributed by atoms with E-state index in [1.165, 1.54) is 12.1 Å². The zero-order valence-electron chi connectivity index (χ0n) is 16.7. The molecule has 0 unspecified atom stereocenters. The molecule has 156 valence electrons. The van der Waals surface area contributed by atoms with Gasteiger partial charge in [-0.2, -0.15) is 0 Å². The number of carbonyl (C=O) groups excluding carboxylic acids is 1. The van der Waals surface area contributed by atoms with E-state index in [0.717, 1.165) is 22.7 Å². The minimum absolute atomic E-state index is 0.0942. The fourth-order valence-electron chi connectivity index (χ4n) is 3.92. The van der Waals surface area contributed by atoms with Crippen LogP contribution in [0.1, 0.15) is 33.5 Å². The van der Waals surface area contributed by atoms with E-state index in [2.05, 4.69) is 15.1 Å². The number of benzene rings is 2. The molecular formula is C23H19FN4O3. The number of carbonyl (C=O) groups is 1. The van der Waals surface area contributed by atoms with Gasteiger partial charge in [0.15, 0.2) is 0 Å². The third kappa shape index (κ3) is 3.46. The van der Waals surface area contributed by atoms with Gasteiger partial charge in [-0.3, -0.25) is 4.79 Å². The molecule has 0 saturated heterocycles. The Labute approximate surface area is 177 Å². The number of hydrogen-bond donors (Lipinski definition) is 1. The Morgan fingerprint density at radius 2 is 2.06 bits per heavy atom. The minimum Gasteiger partial charge on any atom is -0.497 e. The second-order valence-electron chi connectivity index (χ2n) is 7.28. The van der Waals surface area contributed by atoms with Crippen molar-refractivity contribution in [3.05, 3.63) is 89.5 Å². The predicted molar refractivity (Wildman–Crippen MR) is 110 cm³/mol. The summed E-state index contributed by atoms with van der Waals surface area (Å²) in [5.74, 6) is 0.145. The van der Waals surface area contributed by atoms with Crippen LogP contribution in [0.25, 0.3) is 11.3 Å². The number of nitrogens with zero attached hydrogens (tertiary/aromatic N) is 3. The number of H-pyrrole nitrogens is 1. The highest BCUT2D eigenvalue weighted by Gasteiger charge is 2.36. The molecular weight excluding hydrogens is 399 g/mol. The first-order chi connectivity index (χ1) is 15.1. The van der Waals surface area contributed by atoms with Crippen molar-refractivity contribution in [1.29, 1.82) is 0 Å². The predicted octanol–water partition coefficient (Wildman–Crippen LogP) is 4.00. The van der Waals surface area contributed by atoms with Crippen molar-refractivity contribution >= 4 is 5.91 Å². The standard InChI is InChI=1S/C23H19FN4O3/c1-30-17-7-5-14(6-8-17)22-21-18(25-13-26-21)9-10-28(22)23(29)20-12-19(27-31-20)15-3-2-4-16(24)11-15/h2-8,11-13,22H,9-10H2,1H3,(H,25,26)/t22-/m0/s1. The monoisotopic (exact) mass is 418 g/mol. The smallest absolute Gasteiger partial charge is 0.293 e. The van der Waals surface area contributed by atoms with Crippen LogP contribution in [-0.4, -0.2) is 39.6 Å². The maximum absolute atomic E-state index is 13.6. The van der Waals surface area contributed by atoms with Gasteiger partial charge in [0.2, 0.25) is 5.76 Å². The summed E-state index contributed by atoms with van der Waals surface area (Å²) >= 11 is 0. The third-order valence-electron chi connectivity index (χ3n) is 5.46. The summed E-state index contributed by atoms with van der Waals surface area (Å²) in [6.45, 7) is 0.487. The third-order valence-corrected chi connectivity index (χ3v) is 5.46. The van der Waals surface area contributed by atoms with E-state index in [4.69, 9.17) is 9.26 Å². The Morgan fingerprint density at radius 3 is 2.84 bits per heavy atom. The maximum atomic E-state index is 13.6. The van der Waals surface area contributed by atoms with Crippen LogP contribution in [0, 0.1) is 5.82 Å². The van der Waals surface area contributed by atoms with Gasteiger partial charge in [-0.1, -0.05) is 29.4 Å². The largest absolute Gasteiger partial charge is 0.497 e. The van der Waals surface area contributed by atoms with Crippen LogP contribution in [-0.2, 0) is 6.42 Å². The second kappa shape index (κ2) is 7.71. The summed E-state index contributed by atoms with van der Waals surface area (Å²) < 4.78 is 24.2. The fourth-order valence-corrected chi connectivity index (χ4v) is 3.92. The first-order valence-corrected chi connectivity index (χ1v) is 9.84. The number of rotatable bonds is 4. The molecule has 4 aromatic rings. The number of fused-ring (bicyclic) bond motifs is 1. The first-order valence-electron chi connectivity index (χ1n) is 9.84. The summed E-state index contributed by atoms with van der Waals surface area (Å²) in [7, 11) is 1.61. The molecule has 0 aliphatic carbocycles. The lowest BCUT2D eigenvalue weighted by atomic mass is 9.95. The zero-order chi connectivity index (χ0) is 21.4. The van der Waals surface area contributed by atoms with Crippen molar-refractivity contribution in [2.24, 2.45) is 0 Å². The van der Waals surface area contributed by atoms with Crippen LogP contribution in [0.2, 0.25) is 0 Å². The molecule has 0 radical (unpaired) electrons. The summed E-state index contributed by atoms with van der Waals surface area (Å²) in [6, 6.07) is 14.7. The number of aromatic nitrogens is 3. The molecule has 1 atom stereocenters. The van der Waals surface area contributed by atoms with E-state index in [0.29, 0.717) is 24.2 Å². The van der Waals surface area contributed by atoms with E-state index < -0.39 is 0 Å². The van der Waals surface area contributed by atoms with Crippen molar-refractivity contribution < 1.29 is 18.4 Å². The number of ether oxygens (including phenoxy) is 1. The highest BCUT2D eigenvalue weighted by atomic mass is 19.1. The molecule has 2 aromatic carbocycles. The molecule has 0 saturated carbocycles. The van der Waals surface area contributed by atoms with Gasteiger partial charge in [-0.05, 0) is 29.8 Å². The summed E-state index contributed by atoms with van der Waals surface area (Å²) in [5, 5.41) is 3.97. The van der Waals surface area contributed by atoms with Gasteiger partial charge >= 0.3 is 0 Å². The molecule has 3 heterocycles. The lowest BCUT2D eigenvalue weighted by molar-refractivity contribution is 0.0648. The van der Waals surface area contributed by atoms with Crippen LogP contribution in [0.5, 0.6) is 5.75 Å². The van der Waals surface area contributed by atoms with Crippen molar-refractivity contribution in [3.8, 4) is 17.0 Å². The van der Waals surface area contributed by atoms with Crippen LogP contribution in [0.4, 0.5) is 4.39 Å². The van der Waals surface area contributed by atoms with Crippen molar-refractivity contribution in [1.82, 2.24) is 20.0 Å². The Bertz CT molecular complexity index is 1230. The molecule has 0 fully saturated rings.